The molecular formula is C87H153NO8. The minimum atomic E-state index is -1.58. The summed E-state index contributed by atoms with van der Waals surface area (Å²) in [5.41, 5.74) is 0. The molecule has 1 aliphatic rings. The topological polar surface area (TPSA) is 149 Å². The highest BCUT2D eigenvalue weighted by Gasteiger charge is 2.44. The van der Waals surface area contributed by atoms with Crippen molar-refractivity contribution in [3.63, 3.8) is 0 Å². The van der Waals surface area contributed by atoms with Crippen LogP contribution in [0, 0.1) is 0 Å². The largest absolute Gasteiger partial charge is 0.394 e. The van der Waals surface area contributed by atoms with Crippen molar-refractivity contribution in [2.24, 2.45) is 0 Å². The molecule has 1 saturated heterocycles. The molecule has 1 rings (SSSR count). The van der Waals surface area contributed by atoms with E-state index < -0.39 is 49.5 Å². The first kappa shape index (κ1) is 90.6. The van der Waals surface area contributed by atoms with E-state index in [9.17, 15) is 30.3 Å². The van der Waals surface area contributed by atoms with E-state index in [0.717, 1.165) is 89.9 Å². The van der Waals surface area contributed by atoms with Gasteiger partial charge in [-0.1, -0.05) is 379 Å². The number of nitrogens with one attached hydrogen (secondary N) is 1. The third-order valence-electron chi connectivity index (χ3n) is 18.7. The van der Waals surface area contributed by atoms with Crippen molar-refractivity contribution < 1.29 is 39.8 Å². The average Bonchev–Trinajstić information content (AvgIpc) is 0.840. The van der Waals surface area contributed by atoms with Gasteiger partial charge in [0, 0.05) is 6.42 Å². The highest BCUT2D eigenvalue weighted by atomic mass is 16.7. The van der Waals surface area contributed by atoms with Crippen molar-refractivity contribution in [3.05, 3.63) is 122 Å². The molecule has 1 fully saturated rings. The van der Waals surface area contributed by atoms with Gasteiger partial charge in [0.25, 0.3) is 0 Å². The molecule has 96 heavy (non-hydrogen) atoms. The molecule has 1 heterocycles. The second kappa shape index (κ2) is 74.3. The van der Waals surface area contributed by atoms with Crippen LogP contribution in [0.5, 0.6) is 0 Å². The van der Waals surface area contributed by atoms with E-state index in [4.69, 9.17) is 9.47 Å². The van der Waals surface area contributed by atoms with Crippen molar-refractivity contribution in [1.29, 1.82) is 0 Å². The predicted molar refractivity (Wildman–Crippen MR) is 414 cm³/mol. The molecule has 0 saturated carbocycles. The number of carbonyl (C=O) groups excluding carboxylic acids is 1. The van der Waals surface area contributed by atoms with Gasteiger partial charge in [-0.3, -0.25) is 4.79 Å². The molecule has 1 amide bonds. The highest BCUT2D eigenvalue weighted by molar-refractivity contribution is 5.76. The molecule has 554 valence electrons. The summed E-state index contributed by atoms with van der Waals surface area (Å²) in [7, 11) is 0. The number of unbranched alkanes of at least 4 members (excludes halogenated alkanes) is 43. The quantitative estimate of drug-likeness (QED) is 0.0261. The molecule has 0 aliphatic carbocycles. The maximum atomic E-state index is 13.2. The minimum Gasteiger partial charge on any atom is -0.394 e. The zero-order valence-corrected chi connectivity index (χ0v) is 62.4. The van der Waals surface area contributed by atoms with E-state index in [-0.39, 0.29) is 12.5 Å². The van der Waals surface area contributed by atoms with E-state index >= 15 is 0 Å². The van der Waals surface area contributed by atoms with Crippen LogP contribution in [-0.4, -0.2) is 87.5 Å². The van der Waals surface area contributed by atoms with Gasteiger partial charge >= 0.3 is 0 Å². The van der Waals surface area contributed by atoms with Crippen LogP contribution in [-0.2, 0) is 14.3 Å². The van der Waals surface area contributed by atoms with Crippen molar-refractivity contribution >= 4 is 5.91 Å². The van der Waals surface area contributed by atoms with Gasteiger partial charge < -0.3 is 40.3 Å². The van der Waals surface area contributed by atoms with Crippen LogP contribution in [0.1, 0.15) is 367 Å². The van der Waals surface area contributed by atoms with Gasteiger partial charge in [-0.15, -0.1) is 0 Å². The summed E-state index contributed by atoms with van der Waals surface area (Å²) in [6, 6.07) is -0.836. The lowest BCUT2D eigenvalue weighted by molar-refractivity contribution is -0.302. The normalized spacial score (nSPS) is 18.1. The van der Waals surface area contributed by atoms with Crippen LogP contribution >= 0.6 is 0 Å². The maximum Gasteiger partial charge on any atom is 0.220 e. The van der Waals surface area contributed by atoms with Crippen molar-refractivity contribution in [3.8, 4) is 0 Å². The zero-order valence-electron chi connectivity index (χ0n) is 62.4. The van der Waals surface area contributed by atoms with Crippen molar-refractivity contribution in [2.75, 3.05) is 13.2 Å². The molecule has 0 radical (unpaired) electrons. The Morgan fingerprint density at radius 2 is 0.656 bits per heavy atom. The number of carbonyl (C=O) groups is 1. The van der Waals surface area contributed by atoms with E-state index in [1.165, 1.54) is 257 Å². The Balaban J connectivity index is 2.09. The first-order valence-electron chi connectivity index (χ1n) is 40.8. The number of ether oxygens (including phenoxy) is 2. The number of allylic oxidation sites excluding steroid dienone is 19. The van der Waals surface area contributed by atoms with Crippen LogP contribution in [0.4, 0.5) is 0 Å². The van der Waals surface area contributed by atoms with Gasteiger partial charge in [-0.25, -0.2) is 0 Å². The number of hydrogen-bond acceptors (Lipinski definition) is 8. The van der Waals surface area contributed by atoms with Gasteiger partial charge in [-0.05, 0) is 103 Å². The molecule has 0 spiro atoms. The number of aliphatic hydroxyl groups is 5. The van der Waals surface area contributed by atoms with Gasteiger partial charge in [0.1, 0.15) is 24.4 Å². The SMILES string of the molecule is CC/C=C\C/C=C\C/C=C\C/C=C\C/C=C\C/C=C\C/C=C\CCCCCCCCCCCCCCCCCCCCCC(=O)NC(COC1OC(CO)C(O)C(O)C1O)C(O)/C=C/CC/C=C/CC/C=C/CCCCCCCCCCCCCCCCCCCCCCCC. The van der Waals surface area contributed by atoms with Gasteiger partial charge in [0.15, 0.2) is 6.29 Å². The molecule has 0 aromatic carbocycles. The molecule has 1 aliphatic heterocycles. The Bertz CT molecular complexity index is 1950. The van der Waals surface area contributed by atoms with Crippen LogP contribution in [0.15, 0.2) is 122 Å². The Labute approximate surface area is 592 Å². The van der Waals surface area contributed by atoms with E-state index in [2.05, 4.69) is 129 Å². The molecular weight excluding hydrogens is 1190 g/mol. The summed E-state index contributed by atoms with van der Waals surface area (Å²) in [5.74, 6) is -0.188. The Kier molecular flexibility index (Phi) is 70.1. The van der Waals surface area contributed by atoms with Crippen molar-refractivity contribution in [2.45, 2.75) is 410 Å². The van der Waals surface area contributed by atoms with E-state index in [1.54, 1.807) is 6.08 Å². The second-order valence-electron chi connectivity index (χ2n) is 27.8. The Hall–Kier alpha value is -3.41. The lowest BCUT2D eigenvalue weighted by atomic mass is 9.99. The lowest BCUT2D eigenvalue weighted by Crippen LogP contribution is -2.60. The third kappa shape index (κ3) is 61.7. The summed E-state index contributed by atoms with van der Waals surface area (Å²) in [4.78, 5) is 13.2. The lowest BCUT2D eigenvalue weighted by Gasteiger charge is -2.40. The second-order valence-corrected chi connectivity index (χ2v) is 27.8. The summed E-state index contributed by atoms with van der Waals surface area (Å²) in [5, 5.41) is 54.9. The number of hydrogen-bond donors (Lipinski definition) is 6. The zero-order chi connectivity index (χ0) is 69.2. The molecule has 9 heteroatoms. The van der Waals surface area contributed by atoms with Crippen LogP contribution in [0.25, 0.3) is 0 Å². The number of amides is 1. The molecule has 9 nitrogen and oxygen atoms in total. The molecule has 7 atom stereocenters. The average molecular weight is 1340 g/mol. The molecule has 6 N–H and O–H groups in total. The van der Waals surface area contributed by atoms with Crippen LogP contribution < -0.4 is 5.32 Å². The molecule has 7 unspecified atom stereocenters. The number of aliphatic hydroxyl groups excluding tert-OH is 5. The van der Waals surface area contributed by atoms with E-state index in [0.29, 0.717) is 6.42 Å². The van der Waals surface area contributed by atoms with E-state index in [1.807, 2.05) is 6.08 Å². The first-order chi connectivity index (χ1) is 47.3. The standard InChI is InChI=1S/C87H153NO8/c1-3-5-7-9-11-13-15-17-19-21-23-25-27-29-31-33-35-37-38-39-40-41-42-43-44-45-47-49-51-53-55-57-59-61-63-65-67-69-71-73-75-77-83(91)88-80(79-95-87-86(94)85(93)84(92)82(78-89)96-87)81(90)76-74-72-70-68-66-64-62-60-58-56-54-52-50-48-46-36-34-32-30-28-26-24-22-20-18-16-14-12-10-8-6-4-2/h5,7,11,13,17,19,23,25,29,31,35,37,39-40,58,60,66,68,74,76,80-82,84-87,89-90,92-94H,3-4,6,8-10,12,14-16,18,20-22,24,26-28,30,32-34,36,38,41-57,59,61-65,67,69-73,75,77-79H2,1-2H3,(H,88,91)/b7-5-,13-11-,19-17-,25-23-,31-29-,37-35-,40-39-,60-58+,68-66+,76-74+. The summed E-state index contributed by atoms with van der Waals surface area (Å²) in [6.45, 7) is 3.68. The fraction of sp³-hybridized carbons (Fsp3) is 0.759. The monoisotopic (exact) mass is 1340 g/mol. The molecule has 0 bridgehead atoms. The predicted octanol–water partition coefficient (Wildman–Crippen LogP) is 23.7. The molecule has 0 aromatic heterocycles. The summed E-state index contributed by atoms with van der Waals surface area (Å²) >= 11 is 0. The maximum absolute atomic E-state index is 13.2. The van der Waals surface area contributed by atoms with Crippen LogP contribution in [0.3, 0.4) is 0 Å². The smallest absolute Gasteiger partial charge is 0.220 e. The Morgan fingerprint density at radius 1 is 0.365 bits per heavy atom. The summed E-state index contributed by atoms with van der Waals surface area (Å²) < 4.78 is 11.3. The number of rotatable bonds is 71. The van der Waals surface area contributed by atoms with Crippen molar-refractivity contribution in [1.82, 2.24) is 5.32 Å². The minimum absolute atomic E-state index is 0.188. The molecule has 0 aromatic rings. The third-order valence-corrected chi connectivity index (χ3v) is 18.7. The van der Waals surface area contributed by atoms with Gasteiger partial charge in [0.05, 0.1) is 25.4 Å². The fourth-order valence-corrected chi connectivity index (χ4v) is 12.5. The van der Waals surface area contributed by atoms with Gasteiger partial charge in [0.2, 0.25) is 5.91 Å². The fourth-order valence-electron chi connectivity index (χ4n) is 12.5. The first-order valence-corrected chi connectivity index (χ1v) is 40.8. The van der Waals surface area contributed by atoms with Gasteiger partial charge in [-0.2, -0.15) is 0 Å². The van der Waals surface area contributed by atoms with Crippen LogP contribution in [0.2, 0.25) is 0 Å². The highest BCUT2D eigenvalue weighted by Crippen LogP contribution is 2.24. The Morgan fingerprint density at radius 3 is 1.00 bits per heavy atom. The summed E-state index contributed by atoms with van der Waals surface area (Å²) in [6.07, 6.45) is 105.